The first-order valence-corrected chi connectivity index (χ1v) is 8.43. The van der Waals surface area contributed by atoms with E-state index in [1.54, 1.807) is 22.7 Å². The highest BCUT2D eigenvalue weighted by Gasteiger charge is 2.08. The summed E-state index contributed by atoms with van der Waals surface area (Å²) < 4.78 is 10.6. The quantitative estimate of drug-likeness (QED) is 0.720. The van der Waals surface area contributed by atoms with E-state index in [1.807, 2.05) is 41.1 Å². The molecule has 22 heavy (non-hydrogen) atoms. The molecule has 0 aliphatic rings. The Morgan fingerprint density at radius 1 is 1.27 bits per heavy atom. The van der Waals surface area contributed by atoms with E-state index in [0.717, 1.165) is 15.5 Å². The molecule has 7 heteroatoms. The Bertz CT molecular complexity index is 705. The van der Waals surface area contributed by atoms with E-state index in [2.05, 4.69) is 10.5 Å². The number of hydrogen-bond donors (Lipinski definition) is 1. The normalized spacial score (nSPS) is 10.7. The molecule has 0 saturated heterocycles. The van der Waals surface area contributed by atoms with E-state index >= 15 is 0 Å². The molecule has 3 heterocycles. The lowest BCUT2D eigenvalue weighted by atomic mass is 10.3. The maximum Gasteiger partial charge on any atom is 0.246 e. The first kappa shape index (κ1) is 15.0. The Labute approximate surface area is 135 Å². The maximum absolute atomic E-state index is 11.6. The highest BCUT2D eigenvalue weighted by atomic mass is 32.1. The number of amides is 1. The van der Waals surface area contributed by atoms with Crippen molar-refractivity contribution in [2.24, 2.45) is 0 Å². The summed E-state index contributed by atoms with van der Waals surface area (Å²) in [5.74, 6) is 0.575. The molecule has 3 aromatic heterocycles. The molecule has 5 nitrogen and oxygen atoms in total. The van der Waals surface area contributed by atoms with Crippen molar-refractivity contribution in [1.82, 2.24) is 10.5 Å². The number of aromatic nitrogens is 1. The third-order valence-corrected chi connectivity index (χ3v) is 4.61. The van der Waals surface area contributed by atoms with Crippen molar-refractivity contribution >= 4 is 28.6 Å². The molecule has 0 saturated carbocycles. The van der Waals surface area contributed by atoms with Gasteiger partial charge in [0.05, 0.1) is 18.0 Å². The number of thiophene rings is 2. The van der Waals surface area contributed by atoms with Crippen LogP contribution in [0.2, 0.25) is 0 Å². The Balaban J connectivity index is 1.40. The molecule has 0 spiro atoms. The number of nitrogens with zero attached hydrogens (tertiary/aromatic N) is 1. The van der Waals surface area contributed by atoms with Crippen LogP contribution in [0.15, 0.2) is 45.6 Å². The van der Waals surface area contributed by atoms with Crippen LogP contribution in [0, 0.1) is 0 Å². The summed E-state index contributed by atoms with van der Waals surface area (Å²) in [7, 11) is 0. The van der Waals surface area contributed by atoms with Gasteiger partial charge < -0.3 is 14.6 Å². The first-order chi connectivity index (χ1) is 10.8. The van der Waals surface area contributed by atoms with Gasteiger partial charge in [0.25, 0.3) is 0 Å². The molecule has 3 aromatic rings. The topological polar surface area (TPSA) is 64.4 Å². The second kappa shape index (κ2) is 7.35. The van der Waals surface area contributed by atoms with Gasteiger partial charge in [-0.2, -0.15) is 0 Å². The van der Waals surface area contributed by atoms with Gasteiger partial charge in [-0.1, -0.05) is 17.3 Å². The van der Waals surface area contributed by atoms with Crippen molar-refractivity contribution in [3.8, 4) is 10.6 Å². The third kappa shape index (κ3) is 4.03. The monoisotopic (exact) mass is 334 g/mol. The lowest BCUT2D eigenvalue weighted by molar-refractivity contribution is -0.126. The van der Waals surface area contributed by atoms with Crippen molar-refractivity contribution in [3.63, 3.8) is 0 Å². The Morgan fingerprint density at radius 2 is 2.14 bits per heavy atom. The number of carbonyl (C=O) groups excluding carboxylic acids is 1. The standard InChI is InChI=1S/C15H14N2O3S2/c18-15(16-8-12-3-1-5-21-12)10-19-9-11-7-13(20-17-11)14-4-2-6-22-14/h1-7H,8-10H2,(H,16,18). The molecule has 0 unspecified atom stereocenters. The van der Waals surface area contributed by atoms with Gasteiger partial charge in [-0.05, 0) is 22.9 Å². The fourth-order valence-electron chi connectivity index (χ4n) is 1.81. The average molecular weight is 334 g/mol. The van der Waals surface area contributed by atoms with Crippen molar-refractivity contribution in [3.05, 3.63) is 51.7 Å². The Hall–Kier alpha value is -1.96. The van der Waals surface area contributed by atoms with Crippen molar-refractivity contribution in [2.75, 3.05) is 6.61 Å². The zero-order valence-electron chi connectivity index (χ0n) is 11.7. The van der Waals surface area contributed by atoms with Crippen LogP contribution in [-0.4, -0.2) is 17.7 Å². The second-order valence-corrected chi connectivity index (χ2v) is 6.49. The zero-order valence-corrected chi connectivity index (χ0v) is 13.3. The highest BCUT2D eigenvalue weighted by Crippen LogP contribution is 2.25. The van der Waals surface area contributed by atoms with Crippen LogP contribution >= 0.6 is 22.7 Å². The number of nitrogens with one attached hydrogen (secondary N) is 1. The molecule has 0 aromatic carbocycles. The lowest BCUT2D eigenvalue weighted by Gasteiger charge is -2.03. The average Bonchev–Trinajstić information content (AvgIpc) is 3.26. The minimum Gasteiger partial charge on any atom is -0.365 e. The predicted octanol–water partition coefficient (Wildman–Crippen LogP) is 3.30. The Kier molecular flexibility index (Phi) is 4.99. The summed E-state index contributed by atoms with van der Waals surface area (Å²) in [4.78, 5) is 13.8. The van der Waals surface area contributed by atoms with Crippen LogP contribution in [-0.2, 0) is 22.7 Å². The van der Waals surface area contributed by atoms with Crippen LogP contribution in [0.25, 0.3) is 10.6 Å². The summed E-state index contributed by atoms with van der Waals surface area (Å²) in [5.41, 5.74) is 0.675. The summed E-state index contributed by atoms with van der Waals surface area (Å²) in [6.07, 6.45) is 0. The molecule has 0 aliphatic heterocycles. The number of ether oxygens (including phenoxy) is 1. The van der Waals surface area contributed by atoms with E-state index in [-0.39, 0.29) is 19.1 Å². The molecule has 114 valence electrons. The SMILES string of the molecule is O=C(COCc1cc(-c2cccs2)on1)NCc1cccs1. The van der Waals surface area contributed by atoms with Gasteiger partial charge in [0.1, 0.15) is 12.3 Å². The first-order valence-electron chi connectivity index (χ1n) is 6.67. The molecule has 0 fully saturated rings. The number of carbonyl (C=O) groups is 1. The van der Waals surface area contributed by atoms with Gasteiger partial charge in [0.2, 0.25) is 5.91 Å². The van der Waals surface area contributed by atoms with Crippen LogP contribution in [0.3, 0.4) is 0 Å². The molecule has 0 bridgehead atoms. The summed E-state index contributed by atoms with van der Waals surface area (Å²) >= 11 is 3.20. The largest absolute Gasteiger partial charge is 0.365 e. The smallest absolute Gasteiger partial charge is 0.246 e. The van der Waals surface area contributed by atoms with Crippen LogP contribution in [0.4, 0.5) is 0 Å². The van der Waals surface area contributed by atoms with Crippen LogP contribution in [0.5, 0.6) is 0 Å². The van der Waals surface area contributed by atoms with E-state index in [4.69, 9.17) is 9.26 Å². The van der Waals surface area contributed by atoms with Crippen molar-refractivity contribution in [1.29, 1.82) is 0 Å². The molecule has 1 amide bonds. The van der Waals surface area contributed by atoms with Gasteiger partial charge in [0, 0.05) is 10.9 Å². The fraction of sp³-hybridized carbons (Fsp3) is 0.200. The predicted molar refractivity (Wildman–Crippen MR) is 85.6 cm³/mol. The van der Waals surface area contributed by atoms with Crippen LogP contribution in [0.1, 0.15) is 10.6 Å². The van der Waals surface area contributed by atoms with Crippen LogP contribution < -0.4 is 5.32 Å². The third-order valence-electron chi connectivity index (χ3n) is 2.85. The molecule has 1 N–H and O–H groups in total. The van der Waals surface area contributed by atoms with E-state index in [0.29, 0.717) is 12.2 Å². The van der Waals surface area contributed by atoms with Gasteiger partial charge >= 0.3 is 0 Å². The summed E-state index contributed by atoms with van der Waals surface area (Å²) in [6, 6.07) is 9.69. The van der Waals surface area contributed by atoms with Gasteiger partial charge in [-0.25, -0.2) is 0 Å². The van der Waals surface area contributed by atoms with E-state index < -0.39 is 0 Å². The van der Waals surface area contributed by atoms with Gasteiger partial charge in [-0.15, -0.1) is 22.7 Å². The van der Waals surface area contributed by atoms with Gasteiger partial charge in [0.15, 0.2) is 5.76 Å². The highest BCUT2D eigenvalue weighted by molar-refractivity contribution is 7.13. The molecule has 0 radical (unpaired) electrons. The maximum atomic E-state index is 11.6. The zero-order chi connectivity index (χ0) is 15.2. The Morgan fingerprint density at radius 3 is 2.91 bits per heavy atom. The lowest BCUT2D eigenvalue weighted by Crippen LogP contribution is -2.26. The second-order valence-electron chi connectivity index (χ2n) is 4.51. The number of hydrogen-bond acceptors (Lipinski definition) is 6. The van der Waals surface area contributed by atoms with Crippen molar-refractivity contribution in [2.45, 2.75) is 13.2 Å². The van der Waals surface area contributed by atoms with E-state index in [9.17, 15) is 4.79 Å². The summed E-state index contributed by atoms with van der Waals surface area (Å²) in [6.45, 7) is 0.792. The molecule has 3 rings (SSSR count). The molecule has 0 aliphatic carbocycles. The number of rotatable bonds is 7. The van der Waals surface area contributed by atoms with Gasteiger partial charge in [-0.3, -0.25) is 4.79 Å². The fourth-order valence-corrected chi connectivity index (χ4v) is 3.13. The minimum absolute atomic E-state index is 0.00652. The van der Waals surface area contributed by atoms with Crippen molar-refractivity contribution < 1.29 is 14.1 Å². The van der Waals surface area contributed by atoms with E-state index in [1.165, 1.54) is 0 Å². The molecular weight excluding hydrogens is 320 g/mol. The minimum atomic E-state index is -0.143. The molecular formula is C15H14N2O3S2. The summed E-state index contributed by atoms with van der Waals surface area (Å²) in [5, 5.41) is 10.7. The molecule has 0 atom stereocenters.